The van der Waals surface area contributed by atoms with Gasteiger partial charge in [0.25, 0.3) is 0 Å². The molecule has 0 bridgehead atoms. The summed E-state index contributed by atoms with van der Waals surface area (Å²) in [5.74, 6) is 0.185. The van der Waals surface area contributed by atoms with E-state index < -0.39 is 5.82 Å². The van der Waals surface area contributed by atoms with Gasteiger partial charge in [-0.2, -0.15) is 0 Å². The number of aromatic nitrogens is 1. The number of nitrogens with zero attached hydrogens (tertiary/aromatic N) is 1. The van der Waals surface area contributed by atoms with Gasteiger partial charge >= 0.3 is 0 Å². The summed E-state index contributed by atoms with van der Waals surface area (Å²) >= 11 is 5.75. The summed E-state index contributed by atoms with van der Waals surface area (Å²) < 4.78 is 19.5. The first-order chi connectivity index (χ1) is 9.75. The van der Waals surface area contributed by atoms with Crippen molar-refractivity contribution in [1.29, 1.82) is 0 Å². The molecule has 4 heteroatoms. The van der Waals surface area contributed by atoms with Crippen molar-refractivity contribution in [2.45, 2.75) is 6.61 Å². The molecule has 0 N–H and O–H groups in total. The minimum Gasteiger partial charge on any atom is -0.487 e. The third-order valence-corrected chi connectivity index (χ3v) is 3.30. The van der Waals surface area contributed by atoms with E-state index in [0.29, 0.717) is 11.3 Å². The van der Waals surface area contributed by atoms with Gasteiger partial charge in [-0.05, 0) is 18.2 Å². The topological polar surface area (TPSA) is 22.1 Å². The number of ether oxygens (including phenoxy) is 1. The van der Waals surface area contributed by atoms with Gasteiger partial charge in [-0.15, -0.1) is 0 Å². The molecule has 0 spiro atoms. The third kappa shape index (κ3) is 2.45. The van der Waals surface area contributed by atoms with Crippen LogP contribution in [0.5, 0.6) is 5.75 Å². The average Bonchev–Trinajstić information content (AvgIpc) is 2.49. The predicted octanol–water partition coefficient (Wildman–Crippen LogP) is 4.61. The molecule has 0 unspecified atom stereocenters. The Kier molecular flexibility index (Phi) is 3.52. The molecule has 0 aliphatic heterocycles. The maximum Gasteiger partial charge on any atom is 0.148 e. The average molecular weight is 288 g/mol. The summed E-state index contributed by atoms with van der Waals surface area (Å²) in [4.78, 5) is 4.29. The molecule has 0 aliphatic rings. The molecule has 1 aromatic heterocycles. The SMILES string of the molecule is Fc1c(Cl)cccc1COc1cccc2cccnc12. The Labute approximate surface area is 120 Å². The fourth-order valence-corrected chi connectivity index (χ4v) is 2.20. The Morgan fingerprint density at radius 3 is 2.75 bits per heavy atom. The zero-order valence-corrected chi connectivity index (χ0v) is 11.3. The van der Waals surface area contributed by atoms with Crippen LogP contribution in [0.4, 0.5) is 4.39 Å². The van der Waals surface area contributed by atoms with Crippen molar-refractivity contribution in [3.8, 4) is 5.75 Å². The van der Waals surface area contributed by atoms with Gasteiger partial charge < -0.3 is 4.74 Å². The molecule has 3 aromatic rings. The van der Waals surface area contributed by atoms with Crippen molar-refractivity contribution in [2.75, 3.05) is 0 Å². The van der Waals surface area contributed by atoms with Gasteiger partial charge in [-0.25, -0.2) is 4.39 Å². The molecule has 0 saturated heterocycles. The molecule has 1 heterocycles. The van der Waals surface area contributed by atoms with E-state index in [-0.39, 0.29) is 11.6 Å². The fourth-order valence-electron chi connectivity index (χ4n) is 2.01. The maximum absolute atomic E-state index is 13.8. The molecule has 0 radical (unpaired) electrons. The number of pyridine rings is 1. The van der Waals surface area contributed by atoms with Crippen LogP contribution in [0.15, 0.2) is 54.7 Å². The van der Waals surface area contributed by atoms with E-state index in [1.165, 1.54) is 6.07 Å². The van der Waals surface area contributed by atoms with Crippen molar-refractivity contribution in [3.63, 3.8) is 0 Å². The van der Waals surface area contributed by atoms with Gasteiger partial charge in [0.05, 0.1) is 5.02 Å². The number of hydrogen-bond acceptors (Lipinski definition) is 2. The highest BCUT2D eigenvalue weighted by Crippen LogP contribution is 2.25. The monoisotopic (exact) mass is 287 g/mol. The lowest BCUT2D eigenvalue weighted by Gasteiger charge is -2.09. The second-order valence-electron chi connectivity index (χ2n) is 4.33. The van der Waals surface area contributed by atoms with Gasteiger partial charge in [0.2, 0.25) is 0 Å². The Morgan fingerprint density at radius 2 is 1.85 bits per heavy atom. The summed E-state index contributed by atoms with van der Waals surface area (Å²) in [7, 11) is 0. The number of para-hydroxylation sites is 1. The van der Waals surface area contributed by atoms with Crippen molar-refractivity contribution in [2.24, 2.45) is 0 Å². The zero-order chi connectivity index (χ0) is 13.9. The number of fused-ring (bicyclic) bond motifs is 1. The molecule has 20 heavy (non-hydrogen) atoms. The Bertz CT molecular complexity index is 755. The molecular weight excluding hydrogens is 277 g/mol. The summed E-state index contributed by atoms with van der Waals surface area (Å²) in [6, 6.07) is 14.3. The Balaban J connectivity index is 1.89. The van der Waals surface area contributed by atoms with Gasteiger partial charge in [0.15, 0.2) is 0 Å². The molecule has 100 valence electrons. The zero-order valence-electron chi connectivity index (χ0n) is 10.5. The van der Waals surface area contributed by atoms with Gasteiger partial charge in [0, 0.05) is 17.1 Å². The summed E-state index contributed by atoms with van der Waals surface area (Å²) in [6.07, 6.45) is 1.70. The largest absolute Gasteiger partial charge is 0.487 e. The van der Waals surface area contributed by atoms with E-state index in [1.54, 1.807) is 18.3 Å². The van der Waals surface area contributed by atoms with E-state index in [1.807, 2.05) is 30.3 Å². The van der Waals surface area contributed by atoms with E-state index in [0.717, 1.165) is 10.9 Å². The predicted molar refractivity (Wildman–Crippen MR) is 77.5 cm³/mol. The standard InChI is InChI=1S/C16H11ClFNO/c17-13-7-1-5-12(15(13)18)10-20-14-8-2-4-11-6-3-9-19-16(11)14/h1-9H,10H2. The van der Waals surface area contributed by atoms with Crippen LogP contribution in [0.25, 0.3) is 10.9 Å². The van der Waals surface area contributed by atoms with Crippen LogP contribution in [0.1, 0.15) is 5.56 Å². The van der Waals surface area contributed by atoms with E-state index in [4.69, 9.17) is 16.3 Å². The summed E-state index contributed by atoms with van der Waals surface area (Å²) in [5.41, 5.74) is 1.18. The molecule has 0 aliphatic carbocycles. The molecular formula is C16H11ClFNO. The molecule has 3 rings (SSSR count). The molecule has 0 fully saturated rings. The maximum atomic E-state index is 13.8. The molecule has 0 saturated carbocycles. The third-order valence-electron chi connectivity index (χ3n) is 3.01. The first kappa shape index (κ1) is 12.9. The van der Waals surface area contributed by atoms with E-state index in [2.05, 4.69) is 4.98 Å². The van der Waals surface area contributed by atoms with Gasteiger partial charge in [-0.3, -0.25) is 4.98 Å². The number of hydrogen-bond donors (Lipinski definition) is 0. The van der Waals surface area contributed by atoms with Crippen molar-refractivity contribution in [1.82, 2.24) is 4.98 Å². The van der Waals surface area contributed by atoms with E-state index >= 15 is 0 Å². The van der Waals surface area contributed by atoms with Crippen molar-refractivity contribution < 1.29 is 9.13 Å². The van der Waals surface area contributed by atoms with Crippen molar-refractivity contribution >= 4 is 22.5 Å². The first-order valence-corrected chi connectivity index (χ1v) is 6.53. The van der Waals surface area contributed by atoms with Crippen LogP contribution in [-0.4, -0.2) is 4.98 Å². The second-order valence-corrected chi connectivity index (χ2v) is 4.74. The Morgan fingerprint density at radius 1 is 1.05 bits per heavy atom. The van der Waals surface area contributed by atoms with Gasteiger partial charge in [-0.1, -0.05) is 41.9 Å². The minimum atomic E-state index is -0.442. The lowest BCUT2D eigenvalue weighted by atomic mass is 10.2. The minimum absolute atomic E-state index is 0.0992. The van der Waals surface area contributed by atoms with Crippen LogP contribution in [0.2, 0.25) is 5.02 Å². The lowest BCUT2D eigenvalue weighted by molar-refractivity contribution is 0.303. The molecule has 2 nitrogen and oxygen atoms in total. The summed E-state index contributed by atoms with van der Waals surface area (Å²) in [6.45, 7) is 0.113. The quantitative estimate of drug-likeness (QED) is 0.702. The lowest BCUT2D eigenvalue weighted by Crippen LogP contribution is -1.99. The smallest absolute Gasteiger partial charge is 0.148 e. The highest BCUT2D eigenvalue weighted by atomic mass is 35.5. The fraction of sp³-hybridized carbons (Fsp3) is 0.0625. The number of halogens is 2. The van der Waals surface area contributed by atoms with Crippen LogP contribution in [-0.2, 0) is 6.61 Å². The van der Waals surface area contributed by atoms with E-state index in [9.17, 15) is 4.39 Å². The van der Waals surface area contributed by atoms with Crippen LogP contribution in [0, 0.1) is 5.82 Å². The van der Waals surface area contributed by atoms with Gasteiger partial charge in [0.1, 0.15) is 23.7 Å². The molecule has 0 amide bonds. The van der Waals surface area contributed by atoms with Crippen LogP contribution < -0.4 is 4.74 Å². The number of rotatable bonds is 3. The number of benzene rings is 2. The highest BCUT2D eigenvalue weighted by molar-refractivity contribution is 6.30. The van der Waals surface area contributed by atoms with Crippen LogP contribution >= 0.6 is 11.6 Å². The highest BCUT2D eigenvalue weighted by Gasteiger charge is 2.08. The normalized spacial score (nSPS) is 10.7. The van der Waals surface area contributed by atoms with Crippen LogP contribution in [0.3, 0.4) is 0 Å². The Hall–Kier alpha value is -2.13. The summed E-state index contributed by atoms with van der Waals surface area (Å²) in [5, 5.41) is 1.08. The second kappa shape index (κ2) is 5.47. The van der Waals surface area contributed by atoms with Crippen molar-refractivity contribution in [3.05, 3.63) is 71.1 Å². The molecule has 0 atom stereocenters. The first-order valence-electron chi connectivity index (χ1n) is 6.15. The molecule has 2 aromatic carbocycles.